The van der Waals surface area contributed by atoms with E-state index in [0.29, 0.717) is 17.7 Å². The van der Waals surface area contributed by atoms with Crippen molar-refractivity contribution in [3.63, 3.8) is 0 Å². The van der Waals surface area contributed by atoms with Crippen LogP contribution in [0, 0.1) is 17.5 Å². The molecule has 3 N–H and O–H groups in total. The smallest absolute Gasteiger partial charge is 0.451 e. The number of nitrogens with zero attached hydrogens (tertiary/aromatic N) is 4. The predicted octanol–water partition coefficient (Wildman–Crippen LogP) is 1.49. The molecule has 1 aliphatic rings. The number of carboxylic acids is 1. The number of hydrogen-bond acceptors (Lipinski definition) is 7. The third kappa shape index (κ3) is 7.54. The van der Waals surface area contributed by atoms with E-state index in [0.717, 1.165) is 4.57 Å². The molecule has 39 heavy (non-hydrogen) atoms. The molecule has 1 amide bonds. The molecule has 1 aliphatic heterocycles. The number of halogens is 6. The van der Waals surface area contributed by atoms with Gasteiger partial charge in [-0.3, -0.25) is 4.79 Å². The fourth-order valence-electron chi connectivity index (χ4n) is 3.78. The third-order valence-corrected chi connectivity index (χ3v) is 5.71. The number of aliphatic carboxylic acids is 1. The predicted molar refractivity (Wildman–Crippen MR) is 119 cm³/mol. The summed E-state index contributed by atoms with van der Waals surface area (Å²) in [5, 5.41) is 25.7. The van der Waals surface area contributed by atoms with E-state index in [1.54, 1.807) is 18.2 Å². The lowest BCUT2D eigenvalue weighted by molar-refractivity contribution is -0.315. The van der Waals surface area contributed by atoms with Crippen molar-refractivity contribution in [2.45, 2.75) is 44.3 Å². The highest BCUT2D eigenvalue weighted by Crippen LogP contribution is 2.29. The number of alkyl halides is 3. The van der Waals surface area contributed by atoms with Gasteiger partial charge in [-0.25, -0.2) is 13.2 Å². The highest BCUT2D eigenvalue weighted by Gasteiger charge is 2.40. The Morgan fingerprint density at radius 3 is 2.28 bits per heavy atom. The number of benzene rings is 2. The quantitative estimate of drug-likeness (QED) is 0.346. The van der Waals surface area contributed by atoms with Crippen LogP contribution in [0.5, 0.6) is 0 Å². The van der Waals surface area contributed by atoms with Crippen molar-refractivity contribution < 1.29 is 46.1 Å². The number of aromatic nitrogens is 3. The number of aliphatic hydroxyl groups excluding tert-OH is 1. The number of fused-ring (bicyclic) bond motifs is 1. The minimum atomic E-state index is -4.64. The van der Waals surface area contributed by atoms with Gasteiger partial charge in [0.05, 0.1) is 12.5 Å². The van der Waals surface area contributed by atoms with Crippen LogP contribution in [-0.4, -0.2) is 49.2 Å². The molecule has 15 heteroatoms. The second kappa shape index (κ2) is 12.3. The number of hydrogen-bond donors (Lipinski definition) is 2. The van der Waals surface area contributed by atoms with Crippen LogP contribution in [0.2, 0.25) is 0 Å². The van der Waals surface area contributed by atoms with E-state index in [2.05, 4.69) is 10.2 Å². The minimum absolute atomic E-state index is 0.000783. The van der Waals surface area contributed by atoms with Crippen molar-refractivity contribution >= 4 is 11.9 Å². The molecule has 210 valence electrons. The summed E-state index contributed by atoms with van der Waals surface area (Å²) in [6.45, 7) is -0.302. The van der Waals surface area contributed by atoms with Crippen LogP contribution in [0.15, 0.2) is 42.5 Å². The van der Waals surface area contributed by atoms with E-state index >= 15 is 0 Å². The summed E-state index contributed by atoms with van der Waals surface area (Å²) in [4.78, 5) is 23.8. The molecule has 0 saturated heterocycles. The SMILES string of the molecule is N[C@@H](CC(=O)N1CCn2c(nnc2C(F)(F)F)C1)Cc1cc(F)c(F)cc1F.O=C([O-])[C@@H](O)c1ccccc1. The molecule has 0 bridgehead atoms. The average molecular weight is 558 g/mol. The summed E-state index contributed by atoms with van der Waals surface area (Å²) in [6.07, 6.45) is -6.62. The van der Waals surface area contributed by atoms with Crippen LogP contribution >= 0.6 is 0 Å². The topological polar surface area (TPSA) is 137 Å². The van der Waals surface area contributed by atoms with Crippen molar-refractivity contribution in [1.82, 2.24) is 19.7 Å². The summed E-state index contributed by atoms with van der Waals surface area (Å²) in [6, 6.07) is 8.29. The third-order valence-electron chi connectivity index (χ3n) is 5.71. The highest BCUT2D eigenvalue weighted by molar-refractivity contribution is 5.77. The van der Waals surface area contributed by atoms with Gasteiger partial charge in [0.15, 0.2) is 17.5 Å². The van der Waals surface area contributed by atoms with Crippen LogP contribution in [0.1, 0.15) is 35.3 Å². The standard InChI is InChI=1S/C16H15F6N5O.C8H8O3/c17-10-6-12(19)11(18)4-8(10)3-9(23)5-14(28)26-1-2-27-13(7-26)24-25-15(27)16(20,21)22;9-7(8(10)11)6-4-2-1-3-5-6/h4,6,9H,1-3,5,7,23H2;1-5,7,9H,(H,10,11)/p-1/t9-;7-/m10/s1. The maximum Gasteiger partial charge on any atom is 0.451 e. The molecule has 2 atom stereocenters. The second-order valence-corrected chi connectivity index (χ2v) is 8.56. The Bertz CT molecular complexity index is 1320. The summed E-state index contributed by atoms with van der Waals surface area (Å²) < 4.78 is 79.3. The summed E-state index contributed by atoms with van der Waals surface area (Å²) in [5.74, 6) is -6.62. The minimum Gasteiger partial charge on any atom is -0.547 e. The molecule has 4 rings (SSSR count). The zero-order valence-electron chi connectivity index (χ0n) is 20.0. The van der Waals surface area contributed by atoms with Crippen LogP contribution in [-0.2, 0) is 35.3 Å². The first-order valence-corrected chi connectivity index (χ1v) is 11.4. The van der Waals surface area contributed by atoms with Gasteiger partial charge in [-0.05, 0) is 23.6 Å². The fourth-order valence-corrected chi connectivity index (χ4v) is 3.78. The number of carbonyl (C=O) groups is 2. The molecule has 2 heterocycles. The molecular weight excluding hydrogens is 536 g/mol. The van der Waals surface area contributed by atoms with E-state index in [1.807, 2.05) is 0 Å². The lowest BCUT2D eigenvalue weighted by Crippen LogP contribution is -2.42. The molecule has 9 nitrogen and oxygen atoms in total. The second-order valence-electron chi connectivity index (χ2n) is 8.56. The molecule has 0 spiro atoms. The van der Waals surface area contributed by atoms with Crippen LogP contribution in [0.3, 0.4) is 0 Å². The van der Waals surface area contributed by atoms with E-state index < -0.39 is 53.5 Å². The van der Waals surface area contributed by atoms with Gasteiger partial charge in [-0.2, -0.15) is 13.2 Å². The molecule has 0 saturated carbocycles. The van der Waals surface area contributed by atoms with Gasteiger partial charge in [-0.15, -0.1) is 10.2 Å². The fraction of sp³-hybridized carbons (Fsp3) is 0.333. The Hall–Kier alpha value is -3.98. The largest absolute Gasteiger partial charge is 0.547 e. The van der Waals surface area contributed by atoms with Gasteiger partial charge in [0.2, 0.25) is 11.7 Å². The molecule has 0 unspecified atom stereocenters. The molecule has 0 fully saturated rings. The first-order chi connectivity index (χ1) is 18.3. The maximum absolute atomic E-state index is 13.7. The van der Waals surface area contributed by atoms with Crippen molar-refractivity contribution in [1.29, 1.82) is 0 Å². The Labute approximate surface area is 217 Å². The highest BCUT2D eigenvalue weighted by atomic mass is 19.4. The van der Waals surface area contributed by atoms with Crippen molar-refractivity contribution in [2.75, 3.05) is 6.54 Å². The summed E-state index contributed by atoms with van der Waals surface area (Å²) in [7, 11) is 0. The lowest BCUT2D eigenvalue weighted by atomic mass is 10.0. The van der Waals surface area contributed by atoms with Gasteiger partial charge in [-0.1, -0.05) is 30.3 Å². The first kappa shape index (κ1) is 29.6. The monoisotopic (exact) mass is 558 g/mol. The number of nitrogens with two attached hydrogens (primary N) is 1. The lowest BCUT2D eigenvalue weighted by Gasteiger charge is -2.29. The molecule has 1 aromatic heterocycles. The van der Waals surface area contributed by atoms with Crippen molar-refractivity contribution in [3.05, 3.63) is 82.7 Å². The van der Waals surface area contributed by atoms with Gasteiger partial charge in [0.25, 0.3) is 0 Å². The average Bonchev–Trinajstić information content (AvgIpc) is 3.32. The molecule has 2 aromatic carbocycles. The Kier molecular flexibility index (Phi) is 9.29. The van der Waals surface area contributed by atoms with Crippen LogP contribution < -0.4 is 10.8 Å². The zero-order valence-corrected chi connectivity index (χ0v) is 20.0. The summed E-state index contributed by atoms with van der Waals surface area (Å²) >= 11 is 0. The molecular formula is C24H22F6N5O4-. The Morgan fingerprint density at radius 1 is 1.03 bits per heavy atom. The van der Waals surface area contributed by atoms with E-state index in [1.165, 1.54) is 17.0 Å². The molecule has 0 aliphatic carbocycles. The molecule has 3 aromatic rings. The number of aliphatic hydroxyl groups is 1. The first-order valence-electron chi connectivity index (χ1n) is 11.4. The van der Waals surface area contributed by atoms with Crippen LogP contribution in [0.4, 0.5) is 26.3 Å². The normalized spacial score (nSPS) is 14.6. The van der Waals surface area contributed by atoms with Gasteiger partial charge >= 0.3 is 6.18 Å². The van der Waals surface area contributed by atoms with Crippen molar-refractivity contribution in [2.24, 2.45) is 5.73 Å². The number of carbonyl (C=O) groups excluding carboxylic acids is 2. The van der Waals surface area contributed by atoms with Gasteiger partial charge < -0.3 is 30.2 Å². The maximum atomic E-state index is 13.7. The Morgan fingerprint density at radius 2 is 1.67 bits per heavy atom. The van der Waals surface area contributed by atoms with E-state index in [9.17, 15) is 41.0 Å². The number of rotatable bonds is 6. The Balaban J connectivity index is 0.000000320. The van der Waals surface area contributed by atoms with Gasteiger partial charge in [0, 0.05) is 31.6 Å². The zero-order chi connectivity index (χ0) is 28.9. The number of carboxylic acid groups (broad SMARTS) is 1. The van der Waals surface area contributed by atoms with E-state index in [-0.39, 0.29) is 43.9 Å². The van der Waals surface area contributed by atoms with E-state index in [4.69, 9.17) is 10.8 Å². The molecule has 0 radical (unpaired) electrons. The van der Waals surface area contributed by atoms with Crippen LogP contribution in [0.25, 0.3) is 0 Å². The van der Waals surface area contributed by atoms with Crippen molar-refractivity contribution in [3.8, 4) is 0 Å². The number of amides is 1. The summed E-state index contributed by atoms with van der Waals surface area (Å²) in [5.41, 5.74) is 5.98. The van der Waals surface area contributed by atoms with Gasteiger partial charge in [0.1, 0.15) is 11.9 Å².